The Bertz CT molecular complexity index is 1050. The quantitative estimate of drug-likeness (QED) is 0.580. The zero-order valence-corrected chi connectivity index (χ0v) is 16.6. The van der Waals surface area contributed by atoms with Crippen LogP contribution >= 0.6 is 0 Å². The van der Waals surface area contributed by atoms with Crippen molar-refractivity contribution in [1.82, 2.24) is 4.72 Å². The Labute approximate surface area is 162 Å². The smallest absolute Gasteiger partial charge is 0.271 e. The molecule has 0 heterocycles. The number of nitrogens with one attached hydrogen (secondary N) is 2. The third-order valence-corrected chi connectivity index (χ3v) is 5.37. The molecule has 0 aromatic heterocycles. The summed E-state index contributed by atoms with van der Waals surface area (Å²) in [6.45, 7) is 6.62. The average molecular weight is 409 g/mol. The van der Waals surface area contributed by atoms with E-state index in [1.165, 1.54) is 18.2 Å². The summed E-state index contributed by atoms with van der Waals surface area (Å²) in [5, 5.41) is 13.1. The highest BCUT2D eigenvalue weighted by molar-refractivity contribution is 7.89. The number of aryl methyl sites for hydroxylation is 1. The highest BCUT2D eigenvalue weighted by atomic mass is 32.2. The van der Waals surface area contributed by atoms with E-state index >= 15 is 0 Å². The molecule has 0 aliphatic rings. The van der Waals surface area contributed by atoms with Crippen LogP contribution in [0.1, 0.15) is 36.7 Å². The van der Waals surface area contributed by atoms with Crippen molar-refractivity contribution in [3.05, 3.63) is 63.5 Å². The number of nitrogens with zero attached hydrogens (tertiary/aromatic N) is 1. The summed E-state index contributed by atoms with van der Waals surface area (Å²) >= 11 is 0. The maximum atomic E-state index is 13.9. The largest absolute Gasteiger partial charge is 0.319 e. The van der Waals surface area contributed by atoms with Gasteiger partial charge in [0.25, 0.3) is 11.6 Å². The van der Waals surface area contributed by atoms with Gasteiger partial charge in [-0.1, -0.05) is 6.07 Å². The van der Waals surface area contributed by atoms with Crippen LogP contribution in [-0.2, 0) is 10.0 Å². The molecule has 150 valence electrons. The van der Waals surface area contributed by atoms with E-state index in [1.807, 2.05) is 0 Å². The lowest BCUT2D eigenvalue weighted by Crippen LogP contribution is -2.40. The van der Waals surface area contributed by atoms with E-state index in [2.05, 4.69) is 10.0 Å². The van der Waals surface area contributed by atoms with Crippen molar-refractivity contribution in [2.45, 2.75) is 38.1 Å². The van der Waals surface area contributed by atoms with Gasteiger partial charge in [-0.05, 0) is 51.5 Å². The van der Waals surface area contributed by atoms with Crippen molar-refractivity contribution in [1.29, 1.82) is 0 Å². The lowest BCUT2D eigenvalue weighted by Gasteiger charge is -2.20. The number of carbonyl (C=O) groups is 1. The Morgan fingerprint density at radius 1 is 1.14 bits per heavy atom. The Morgan fingerprint density at radius 2 is 1.79 bits per heavy atom. The molecule has 2 aromatic rings. The van der Waals surface area contributed by atoms with E-state index < -0.39 is 32.2 Å². The SMILES string of the molecule is Cc1ccc(S(=O)(=O)NC(C)(C)C)cc1C(=O)Nc1cc([N+](=O)[O-])ccc1F. The van der Waals surface area contributed by atoms with E-state index in [-0.39, 0.29) is 21.8 Å². The molecule has 2 rings (SSSR count). The zero-order valence-electron chi connectivity index (χ0n) is 15.7. The van der Waals surface area contributed by atoms with Crippen LogP contribution in [0.5, 0.6) is 0 Å². The van der Waals surface area contributed by atoms with Crippen molar-refractivity contribution in [2.24, 2.45) is 0 Å². The number of nitro benzene ring substituents is 1. The van der Waals surface area contributed by atoms with Gasteiger partial charge in [-0.3, -0.25) is 14.9 Å². The van der Waals surface area contributed by atoms with E-state index in [9.17, 15) is 27.7 Å². The first-order chi connectivity index (χ1) is 12.8. The van der Waals surface area contributed by atoms with Gasteiger partial charge in [-0.15, -0.1) is 0 Å². The van der Waals surface area contributed by atoms with Crippen LogP contribution in [-0.4, -0.2) is 24.8 Å². The standard InChI is InChI=1S/C18H20FN3O5S/c1-11-5-7-13(28(26,27)21-18(2,3)4)10-14(11)17(23)20-16-9-12(22(24)25)6-8-15(16)19/h5-10,21H,1-4H3,(H,20,23). The fourth-order valence-electron chi connectivity index (χ4n) is 2.39. The summed E-state index contributed by atoms with van der Waals surface area (Å²) < 4.78 is 41.4. The lowest BCUT2D eigenvalue weighted by molar-refractivity contribution is -0.384. The molecular formula is C18H20FN3O5S. The van der Waals surface area contributed by atoms with E-state index in [1.54, 1.807) is 27.7 Å². The first-order valence-electron chi connectivity index (χ1n) is 8.20. The number of hydrogen-bond donors (Lipinski definition) is 2. The highest BCUT2D eigenvalue weighted by Gasteiger charge is 2.24. The molecule has 0 bridgehead atoms. The molecule has 28 heavy (non-hydrogen) atoms. The predicted molar refractivity (Wildman–Crippen MR) is 102 cm³/mol. The molecule has 8 nitrogen and oxygen atoms in total. The number of hydrogen-bond acceptors (Lipinski definition) is 5. The van der Waals surface area contributed by atoms with Gasteiger partial charge in [0.15, 0.2) is 0 Å². The van der Waals surface area contributed by atoms with Crippen molar-refractivity contribution < 1.29 is 22.5 Å². The van der Waals surface area contributed by atoms with Crippen LogP contribution in [0.15, 0.2) is 41.3 Å². The molecule has 0 saturated heterocycles. The van der Waals surface area contributed by atoms with Crippen LogP contribution in [0.25, 0.3) is 0 Å². The van der Waals surface area contributed by atoms with Crippen LogP contribution in [0.2, 0.25) is 0 Å². The molecule has 0 fully saturated rings. The minimum absolute atomic E-state index is 0.00249. The molecule has 2 N–H and O–H groups in total. The number of sulfonamides is 1. The number of anilines is 1. The van der Waals surface area contributed by atoms with E-state index in [0.29, 0.717) is 5.56 Å². The Morgan fingerprint density at radius 3 is 2.36 bits per heavy atom. The summed E-state index contributed by atoms with van der Waals surface area (Å²) in [4.78, 5) is 22.6. The van der Waals surface area contributed by atoms with Gasteiger partial charge >= 0.3 is 0 Å². The van der Waals surface area contributed by atoms with Crippen molar-refractivity contribution in [3.63, 3.8) is 0 Å². The second kappa shape index (κ2) is 7.64. The van der Waals surface area contributed by atoms with Crippen LogP contribution < -0.4 is 10.0 Å². The molecular weight excluding hydrogens is 389 g/mol. The topological polar surface area (TPSA) is 118 Å². The van der Waals surface area contributed by atoms with Gasteiger partial charge in [0.2, 0.25) is 10.0 Å². The molecule has 0 saturated carbocycles. The van der Waals surface area contributed by atoms with Crippen LogP contribution in [0.4, 0.5) is 15.8 Å². The molecule has 0 spiro atoms. The summed E-state index contributed by atoms with van der Waals surface area (Å²) in [7, 11) is -3.88. The first-order valence-corrected chi connectivity index (χ1v) is 9.68. The fraction of sp³-hybridized carbons (Fsp3) is 0.278. The normalized spacial score (nSPS) is 11.9. The lowest BCUT2D eigenvalue weighted by atomic mass is 10.1. The minimum Gasteiger partial charge on any atom is -0.319 e. The number of carbonyl (C=O) groups excluding carboxylic acids is 1. The first kappa shape index (κ1) is 21.5. The van der Waals surface area contributed by atoms with Gasteiger partial charge < -0.3 is 5.32 Å². The maximum absolute atomic E-state index is 13.9. The van der Waals surface area contributed by atoms with Crippen molar-refractivity contribution in [2.75, 3.05) is 5.32 Å². The molecule has 0 atom stereocenters. The Hall–Kier alpha value is -2.85. The average Bonchev–Trinajstić information content (AvgIpc) is 2.54. The number of amides is 1. The monoisotopic (exact) mass is 409 g/mol. The van der Waals surface area contributed by atoms with Crippen LogP contribution in [0.3, 0.4) is 0 Å². The maximum Gasteiger partial charge on any atom is 0.271 e. The molecule has 0 aliphatic heterocycles. The Balaban J connectivity index is 2.39. The molecule has 1 amide bonds. The van der Waals surface area contributed by atoms with Crippen molar-refractivity contribution in [3.8, 4) is 0 Å². The summed E-state index contributed by atoms with van der Waals surface area (Å²) in [5.41, 5.74) is -1.03. The molecule has 2 aromatic carbocycles. The van der Waals surface area contributed by atoms with Gasteiger partial charge in [0, 0.05) is 23.2 Å². The number of benzene rings is 2. The molecule has 0 radical (unpaired) electrons. The van der Waals surface area contributed by atoms with Gasteiger partial charge in [0.1, 0.15) is 5.82 Å². The summed E-state index contributed by atoms with van der Waals surface area (Å²) in [5.74, 6) is -1.64. The zero-order chi connectivity index (χ0) is 21.3. The summed E-state index contributed by atoms with van der Waals surface area (Å²) in [6, 6.07) is 6.72. The number of halogens is 1. The highest BCUT2D eigenvalue weighted by Crippen LogP contribution is 2.23. The van der Waals surface area contributed by atoms with Crippen molar-refractivity contribution >= 4 is 27.3 Å². The van der Waals surface area contributed by atoms with Gasteiger partial charge in [-0.2, -0.15) is 0 Å². The van der Waals surface area contributed by atoms with E-state index in [0.717, 1.165) is 18.2 Å². The number of non-ortho nitro benzene ring substituents is 1. The van der Waals surface area contributed by atoms with Gasteiger partial charge in [-0.25, -0.2) is 17.5 Å². The number of rotatable bonds is 5. The summed E-state index contributed by atoms with van der Waals surface area (Å²) in [6.07, 6.45) is 0. The third-order valence-electron chi connectivity index (χ3n) is 3.61. The van der Waals surface area contributed by atoms with Gasteiger partial charge in [0.05, 0.1) is 15.5 Å². The second-order valence-corrected chi connectivity index (χ2v) is 8.89. The predicted octanol–water partition coefficient (Wildman–Crippen LogP) is 3.37. The molecule has 0 aliphatic carbocycles. The second-order valence-electron chi connectivity index (χ2n) is 7.21. The third kappa shape index (κ3) is 5.11. The minimum atomic E-state index is -3.88. The van der Waals surface area contributed by atoms with Crippen LogP contribution in [0, 0.1) is 22.9 Å². The molecule has 0 unspecified atom stereocenters. The molecule has 10 heteroatoms. The van der Waals surface area contributed by atoms with E-state index in [4.69, 9.17) is 0 Å². The Kier molecular flexibility index (Phi) is 5.86. The fourth-order valence-corrected chi connectivity index (χ4v) is 3.83. The number of nitro groups is 1.